The van der Waals surface area contributed by atoms with Gasteiger partial charge in [0.2, 0.25) is 0 Å². The molecule has 0 aromatic carbocycles. The topological polar surface area (TPSA) is 103 Å². The van der Waals surface area contributed by atoms with E-state index in [4.69, 9.17) is 50.7 Å². The molecule has 0 bridgehead atoms. The zero-order valence-electron chi connectivity index (χ0n) is 31.2. The molecule has 1 aliphatic carbocycles. The number of allylic oxidation sites excluding steroid dienone is 5. The Kier molecular flexibility index (Phi) is 12.1. The summed E-state index contributed by atoms with van der Waals surface area (Å²) in [7, 11) is -3.29. The Morgan fingerprint density at radius 1 is 1.04 bits per heavy atom. The number of ether oxygens (including phenoxy) is 4. The van der Waals surface area contributed by atoms with Gasteiger partial charge in [-0.3, -0.25) is 4.57 Å². The van der Waals surface area contributed by atoms with E-state index in [1.54, 1.807) is 0 Å². The van der Waals surface area contributed by atoms with Crippen molar-refractivity contribution in [2.45, 2.75) is 134 Å². The molecule has 9 nitrogen and oxygen atoms in total. The standard InChI is InChI=1S/C37H59ClN4O5Si2/c1-11-25(13-12-24(2)26-14-16-27(39)17-15-26)32-28(38)20-29-35(41-32)42(23-43-18-19-48(6,7)8)36(40-29)46-30-21-44-34-31(22-45-33(30)34)47-49(9,10)37(3,4)5/h11-13,20,26-27,30-31,33-34H,2,14-19,21-23,39H2,1,3-10H3/b13-12-,25-11+/t26?,27?,30-,31-,33-,34-/m1/s1. The largest absolute Gasteiger partial charge is 0.456 e. The maximum atomic E-state index is 6.90. The monoisotopic (exact) mass is 730 g/mol. The predicted octanol–water partition coefficient (Wildman–Crippen LogP) is 8.37. The van der Waals surface area contributed by atoms with Crippen LogP contribution in [0.3, 0.4) is 0 Å². The fourth-order valence-corrected chi connectivity index (χ4v) is 8.73. The van der Waals surface area contributed by atoms with Crippen LogP contribution in [0.25, 0.3) is 16.7 Å². The van der Waals surface area contributed by atoms with E-state index in [-0.39, 0.29) is 36.2 Å². The third-order valence-electron chi connectivity index (χ3n) is 10.7. The fourth-order valence-electron chi connectivity index (χ4n) is 6.40. The second-order valence-electron chi connectivity index (χ2n) is 16.8. The zero-order chi connectivity index (χ0) is 35.7. The van der Waals surface area contributed by atoms with Crippen LogP contribution in [0.15, 0.2) is 36.4 Å². The van der Waals surface area contributed by atoms with Gasteiger partial charge in [0.25, 0.3) is 0 Å². The van der Waals surface area contributed by atoms with Crippen molar-refractivity contribution in [3.05, 3.63) is 47.2 Å². The lowest BCUT2D eigenvalue weighted by molar-refractivity contribution is 0.00687. The fraction of sp³-hybridized carbons (Fsp3) is 0.676. The summed E-state index contributed by atoms with van der Waals surface area (Å²) in [6.07, 6.45) is 9.51. The molecule has 3 aliphatic rings. The Morgan fingerprint density at radius 2 is 1.69 bits per heavy atom. The third-order valence-corrected chi connectivity index (χ3v) is 17.2. The van der Waals surface area contributed by atoms with Crippen LogP contribution >= 0.6 is 11.6 Å². The van der Waals surface area contributed by atoms with Crippen LogP contribution in [0.4, 0.5) is 0 Å². The Labute approximate surface area is 300 Å². The minimum Gasteiger partial charge on any atom is -0.456 e. The number of fused-ring (bicyclic) bond motifs is 2. The summed E-state index contributed by atoms with van der Waals surface area (Å²) >= 11 is 6.90. The summed E-state index contributed by atoms with van der Waals surface area (Å²) in [4.78, 5) is 9.97. The average Bonchev–Trinajstić information content (AvgIpc) is 3.69. The van der Waals surface area contributed by atoms with Crippen molar-refractivity contribution in [2.24, 2.45) is 11.7 Å². The number of aromatic nitrogens is 3. The van der Waals surface area contributed by atoms with E-state index in [2.05, 4.69) is 72.2 Å². The molecule has 0 radical (unpaired) electrons. The molecule has 49 heavy (non-hydrogen) atoms. The molecule has 4 heterocycles. The Morgan fingerprint density at radius 3 is 2.33 bits per heavy atom. The number of nitrogens with zero attached hydrogens (tertiary/aromatic N) is 3. The van der Waals surface area contributed by atoms with Gasteiger partial charge in [-0.05, 0) is 74.3 Å². The van der Waals surface area contributed by atoms with E-state index >= 15 is 0 Å². The normalized spacial score (nSPS) is 27.0. The molecule has 2 N–H and O–H groups in total. The van der Waals surface area contributed by atoms with E-state index in [9.17, 15) is 0 Å². The second kappa shape index (κ2) is 15.4. The summed E-state index contributed by atoms with van der Waals surface area (Å²) in [5.74, 6) is 0.450. The van der Waals surface area contributed by atoms with Crippen molar-refractivity contribution in [2.75, 3.05) is 19.8 Å². The van der Waals surface area contributed by atoms with Crippen LogP contribution < -0.4 is 10.5 Å². The van der Waals surface area contributed by atoms with E-state index in [1.807, 2.05) is 23.6 Å². The molecular formula is C37H59ClN4O5Si2. The second-order valence-corrected chi connectivity index (χ2v) is 27.5. The minimum absolute atomic E-state index is 0.0910. The van der Waals surface area contributed by atoms with Gasteiger partial charge < -0.3 is 29.1 Å². The van der Waals surface area contributed by atoms with Gasteiger partial charge in [-0.1, -0.05) is 82.4 Å². The van der Waals surface area contributed by atoms with Gasteiger partial charge in [-0.2, -0.15) is 4.98 Å². The maximum absolute atomic E-state index is 6.90. The highest BCUT2D eigenvalue weighted by molar-refractivity contribution is 6.76. The molecule has 4 atom stereocenters. The summed E-state index contributed by atoms with van der Waals surface area (Å²) in [5.41, 5.74) is 10.1. The molecule has 0 spiro atoms. The van der Waals surface area contributed by atoms with Crippen molar-refractivity contribution in [3.63, 3.8) is 0 Å². The number of halogens is 1. The summed E-state index contributed by atoms with van der Waals surface area (Å²) in [6.45, 7) is 26.4. The highest BCUT2D eigenvalue weighted by Gasteiger charge is 2.52. The van der Waals surface area contributed by atoms with Gasteiger partial charge >= 0.3 is 6.01 Å². The molecule has 0 amide bonds. The van der Waals surface area contributed by atoms with Crippen LogP contribution in [-0.2, 0) is 25.4 Å². The van der Waals surface area contributed by atoms with Gasteiger partial charge in [0, 0.05) is 20.7 Å². The first kappa shape index (κ1) is 38.4. The Hall–Kier alpha value is -1.84. The molecule has 1 saturated carbocycles. The number of rotatable bonds is 13. The molecule has 3 fully saturated rings. The van der Waals surface area contributed by atoms with Crippen LogP contribution in [0.2, 0.25) is 48.8 Å². The van der Waals surface area contributed by atoms with Crippen LogP contribution in [-0.4, -0.2) is 81.2 Å². The van der Waals surface area contributed by atoms with E-state index in [0.29, 0.717) is 59.7 Å². The van der Waals surface area contributed by atoms with Crippen molar-refractivity contribution >= 4 is 44.7 Å². The smallest absolute Gasteiger partial charge is 0.301 e. The Balaban J connectivity index is 1.39. The SMILES string of the molecule is C=C(/C=C\C(=C/C)c1nc2c(cc1Cl)nc(O[C@@H]1CO[C@H]3[C@@H]1OC[C@H]3O[Si](C)(C)C(C)(C)C)n2COCC[Si](C)(C)C)C1CCC(N)CC1. The quantitative estimate of drug-likeness (QED) is 0.125. The highest BCUT2D eigenvalue weighted by Crippen LogP contribution is 2.41. The van der Waals surface area contributed by atoms with E-state index in [0.717, 1.165) is 42.9 Å². The first-order chi connectivity index (χ1) is 23.0. The van der Waals surface area contributed by atoms with Gasteiger partial charge in [0.05, 0.1) is 30.0 Å². The number of hydrogen-bond acceptors (Lipinski definition) is 8. The molecule has 2 aromatic heterocycles. The van der Waals surface area contributed by atoms with Crippen LogP contribution in [0.1, 0.15) is 59.1 Å². The van der Waals surface area contributed by atoms with Crippen molar-refractivity contribution < 1.29 is 23.4 Å². The van der Waals surface area contributed by atoms with E-state index in [1.165, 1.54) is 0 Å². The first-order valence-corrected chi connectivity index (χ1v) is 25.0. The number of imidazole rings is 1. The van der Waals surface area contributed by atoms with Crippen molar-refractivity contribution in [1.82, 2.24) is 14.5 Å². The molecular weight excluding hydrogens is 672 g/mol. The van der Waals surface area contributed by atoms with Gasteiger partial charge in [0.15, 0.2) is 20.1 Å². The van der Waals surface area contributed by atoms with Crippen molar-refractivity contribution in [1.29, 1.82) is 0 Å². The number of pyridine rings is 1. The lowest BCUT2D eigenvalue weighted by Gasteiger charge is -2.39. The predicted molar refractivity (Wildman–Crippen MR) is 204 cm³/mol. The van der Waals surface area contributed by atoms with Crippen LogP contribution in [0, 0.1) is 5.92 Å². The summed E-state index contributed by atoms with van der Waals surface area (Å²) < 4.78 is 34.1. The van der Waals surface area contributed by atoms with Gasteiger partial charge in [-0.15, -0.1) is 0 Å². The lowest BCUT2D eigenvalue weighted by Crippen LogP contribution is -2.47. The van der Waals surface area contributed by atoms with Gasteiger partial charge in [0.1, 0.15) is 24.5 Å². The summed E-state index contributed by atoms with van der Waals surface area (Å²) in [6, 6.07) is 3.63. The first-order valence-electron chi connectivity index (χ1n) is 18.0. The maximum Gasteiger partial charge on any atom is 0.301 e. The lowest BCUT2D eigenvalue weighted by atomic mass is 9.82. The van der Waals surface area contributed by atoms with Crippen LogP contribution in [0.5, 0.6) is 6.01 Å². The molecule has 272 valence electrons. The van der Waals surface area contributed by atoms with Crippen molar-refractivity contribution in [3.8, 4) is 6.01 Å². The average molecular weight is 732 g/mol. The van der Waals surface area contributed by atoms with E-state index < -0.39 is 16.4 Å². The molecule has 5 rings (SSSR count). The van der Waals surface area contributed by atoms with Gasteiger partial charge in [-0.25, -0.2) is 4.98 Å². The highest BCUT2D eigenvalue weighted by atomic mass is 35.5. The molecule has 0 unspecified atom stereocenters. The molecule has 2 aliphatic heterocycles. The molecule has 2 saturated heterocycles. The minimum atomic E-state index is -2.01. The zero-order valence-corrected chi connectivity index (χ0v) is 33.9. The Bertz CT molecular complexity index is 1540. The molecule has 2 aromatic rings. The summed E-state index contributed by atoms with van der Waals surface area (Å²) in [5, 5.41) is 0.609. The third kappa shape index (κ3) is 9.16. The number of nitrogens with two attached hydrogens (primary N) is 1. The number of hydrogen-bond donors (Lipinski definition) is 1. The molecule has 12 heteroatoms.